The molecule has 0 fully saturated rings. The molecular formula is C30H21N3O2. The zero-order valence-electron chi connectivity index (χ0n) is 18.8. The van der Waals surface area contributed by atoms with Gasteiger partial charge in [0.05, 0.1) is 17.6 Å². The second kappa shape index (κ2) is 9.15. The Hall–Kier alpha value is -4.90. The van der Waals surface area contributed by atoms with Gasteiger partial charge >= 0.3 is 0 Å². The van der Waals surface area contributed by atoms with Crippen LogP contribution in [-0.2, 0) is 0 Å². The average Bonchev–Trinajstić information content (AvgIpc) is 3.07. The van der Waals surface area contributed by atoms with Crippen molar-refractivity contribution in [1.82, 2.24) is 9.97 Å². The van der Waals surface area contributed by atoms with Gasteiger partial charge in [-0.15, -0.1) is 0 Å². The van der Waals surface area contributed by atoms with Crippen LogP contribution in [0.1, 0.15) is 11.1 Å². The van der Waals surface area contributed by atoms with Gasteiger partial charge in [-0.2, -0.15) is 0 Å². The molecule has 0 radical (unpaired) electrons. The lowest BCUT2D eigenvalue weighted by atomic mass is 10.1. The van der Waals surface area contributed by atoms with E-state index in [0.29, 0.717) is 17.4 Å². The van der Waals surface area contributed by atoms with Gasteiger partial charge in [-0.25, -0.2) is 4.98 Å². The standard InChI is InChI=1S/C30H21N3O2/c1-2-11-28-22(7-1)13-14-23-15-16-26(34-27-10-6-17-31-21-27)20-29(23)33(28)24-8-5-9-25(19-24)35-30-12-3-4-18-32-30/h1-21H. The van der Waals surface area contributed by atoms with E-state index in [1.54, 1.807) is 18.6 Å². The highest BCUT2D eigenvalue weighted by Gasteiger charge is 2.21. The molecule has 0 N–H and O–H groups in total. The van der Waals surface area contributed by atoms with Crippen LogP contribution in [-0.4, -0.2) is 9.97 Å². The topological polar surface area (TPSA) is 47.5 Å². The summed E-state index contributed by atoms with van der Waals surface area (Å²) in [5.74, 6) is 2.68. The summed E-state index contributed by atoms with van der Waals surface area (Å²) < 4.78 is 12.1. The Morgan fingerprint density at radius 2 is 1.40 bits per heavy atom. The predicted molar refractivity (Wildman–Crippen MR) is 139 cm³/mol. The number of hydrogen-bond donors (Lipinski definition) is 0. The molecule has 2 aromatic heterocycles. The van der Waals surface area contributed by atoms with Crippen LogP contribution in [0.15, 0.2) is 116 Å². The van der Waals surface area contributed by atoms with Crippen molar-refractivity contribution in [3.63, 3.8) is 0 Å². The Morgan fingerprint density at radius 1 is 0.571 bits per heavy atom. The summed E-state index contributed by atoms with van der Waals surface area (Å²) in [4.78, 5) is 10.7. The van der Waals surface area contributed by atoms with Crippen LogP contribution in [0.25, 0.3) is 12.2 Å². The fourth-order valence-electron chi connectivity index (χ4n) is 4.10. The maximum Gasteiger partial charge on any atom is 0.219 e. The third-order valence-corrected chi connectivity index (χ3v) is 5.67. The minimum Gasteiger partial charge on any atom is -0.456 e. The molecule has 1 aliphatic heterocycles. The lowest BCUT2D eigenvalue weighted by Crippen LogP contribution is -2.12. The van der Waals surface area contributed by atoms with Crippen LogP contribution in [0, 0.1) is 0 Å². The number of fused-ring (bicyclic) bond motifs is 2. The van der Waals surface area contributed by atoms with Crippen LogP contribution in [0.3, 0.4) is 0 Å². The van der Waals surface area contributed by atoms with Gasteiger partial charge in [0.2, 0.25) is 5.88 Å². The van der Waals surface area contributed by atoms with E-state index in [1.807, 2.05) is 54.6 Å². The van der Waals surface area contributed by atoms with Gasteiger partial charge in [0.25, 0.3) is 0 Å². The smallest absolute Gasteiger partial charge is 0.219 e. The van der Waals surface area contributed by atoms with E-state index < -0.39 is 0 Å². The third kappa shape index (κ3) is 4.35. The molecular weight excluding hydrogens is 434 g/mol. The molecule has 6 rings (SSSR count). The number of ether oxygens (including phenoxy) is 2. The highest BCUT2D eigenvalue weighted by molar-refractivity contribution is 5.93. The SMILES string of the molecule is C1=Cc2ccc(Oc3cccnc3)cc2N(c2cccc(Oc3ccccn3)c2)c2ccccc21. The highest BCUT2D eigenvalue weighted by Crippen LogP contribution is 2.44. The summed E-state index contributed by atoms with van der Waals surface area (Å²) in [6.45, 7) is 0. The van der Waals surface area contributed by atoms with Gasteiger partial charge in [0, 0.05) is 36.3 Å². The zero-order chi connectivity index (χ0) is 23.5. The van der Waals surface area contributed by atoms with Gasteiger partial charge in [-0.3, -0.25) is 4.98 Å². The predicted octanol–water partition coefficient (Wildman–Crippen LogP) is 8.01. The van der Waals surface area contributed by atoms with E-state index in [1.165, 1.54) is 0 Å². The van der Waals surface area contributed by atoms with Gasteiger partial charge in [-0.1, -0.05) is 42.5 Å². The average molecular weight is 456 g/mol. The molecule has 5 heteroatoms. The van der Waals surface area contributed by atoms with Gasteiger partial charge in [0.1, 0.15) is 17.2 Å². The van der Waals surface area contributed by atoms with E-state index in [9.17, 15) is 0 Å². The quantitative estimate of drug-likeness (QED) is 0.263. The normalized spacial score (nSPS) is 11.8. The van der Waals surface area contributed by atoms with Crippen molar-refractivity contribution >= 4 is 29.2 Å². The number of rotatable bonds is 5. The number of hydrogen-bond acceptors (Lipinski definition) is 5. The van der Waals surface area contributed by atoms with Crippen LogP contribution in [0.5, 0.6) is 23.1 Å². The second-order valence-electron chi connectivity index (χ2n) is 8.01. The highest BCUT2D eigenvalue weighted by atomic mass is 16.5. The lowest BCUT2D eigenvalue weighted by Gasteiger charge is -2.28. The first kappa shape index (κ1) is 20.7. The Morgan fingerprint density at radius 3 is 2.26 bits per heavy atom. The summed E-state index contributed by atoms with van der Waals surface area (Å²) in [5, 5.41) is 0. The van der Waals surface area contributed by atoms with Crippen LogP contribution < -0.4 is 14.4 Å². The number of para-hydroxylation sites is 1. The largest absolute Gasteiger partial charge is 0.456 e. The molecule has 3 heterocycles. The molecule has 3 aromatic carbocycles. The molecule has 0 saturated carbocycles. The summed E-state index contributed by atoms with van der Waals surface area (Å²) >= 11 is 0. The van der Waals surface area contributed by atoms with Crippen molar-refractivity contribution in [1.29, 1.82) is 0 Å². The number of pyridine rings is 2. The van der Waals surface area contributed by atoms with Crippen LogP contribution >= 0.6 is 0 Å². The molecule has 0 saturated heterocycles. The van der Waals surface area contributed by atoms with Crippen molar-refractivity contribution in [2.24, 2.45) is 0 Å². The molecule has 0 aliphatic carbocycles. The molecule has 1 aliphatic rings. The summed E-state index contributed by atoms with van der Waals surface area (Å²) in [7, 11) is 0. The maximum atomic E-state index is 6.11. The minimum absolute atomic E-state index is 0.551. The molecule has 0 bridgehead atoms. The maximum absolute atomic E-state index is 6.11. The van der Waals surface area contributed by atoms with Gasteiger partial charge in [0.15, 0.2) is 0 Å². The molecule has 168 valence electrons. The minimum atomic E-state index is 0.551. The van der Waals surface area contributed by atoms with E-state index in [2.05, 4.69) is 69.5 Å². The first-order chi connectivity index (χ1) is 17.3. The first-order valence-electron chi connectivity index (χ1n) is 11.3. The Bertz CT molecular complexity index is 1500. The second-order valence-corrected chi connectivity index (χ2v) is 8.01. The van der Waals surface area contributed by atoms with E-state index >= 15 is 0 Å². The van der Waals surface area contributed by atoms with E-state index in [4.69, 9.17) is 9.47 Å². The van der Waals surface area contributed by atoms with E-state index in [0.717, 1.165) is 33.9 Å². The third-order valence-electron chi connectivity index (χ3n) is 5.67. The van der Waals surface area contributed by atoms with Crippen molar-refractivity contribution < 1.29 is 9.47 Å². The fraction of sp³-hybridized carbons (Fsp3) is 0. The van der Waals surface area contributed by atoms with Crippen molar-refractivity contribution in [3.8, 4) is 23.1 Å². The molecule has 0 atom stereocenters. The monoisotopic (exact) mass is 455 g/mol. The van der Waals surface area contributed by atoms with Gasteiger partial charge in [-0.05, 0) is 59.7 Å². The summed E-state index contributed by atoms with van der Waals surface area (Å²) in [6, 6.07) is 31.8. The van der Waals surface area contributed by atoms with Gasteiger partial charge < -0.3 is 14.4 Å². The van der Waals surface area contributed by atoms with Crippen molar-refractivity contribution in [3.05, 3.63) is 127 Å². The number of anilines is 3. The number of nitrogens with zero attached hydrogens (tertiary/aromatic N) is 3. The first-order valence-corrected chi connectivity index (χ1v) is 11.3. The zero-order valence-corrected chi connectivity index (χ0v) is 18.8. The van der Waals surface area contributed by atoms with Crippen molar-refractivity contribution in [2.75, 3.05) is 4.90 Å². The van der Waals surface area contributed by atoms with E-state index in [-0.39, 0.29) is 0 Å². The Kier molecular flexibility index (Phi) is 5.41. The fourth-order valence-corrected chi connectivity index (χ4v) is 4.10. The van der Waals surface area contributed by atoms with Crippen molar-refractivity contribution in [2.45, 2.75) is 0 Å². The molecule has 5 nitrogen and oxygen atoms in total. The Labute approximate surface area is 203 Å². The Balaban J connectivity index is 1.45. The molecule has 0 spiro atoms. The number of aromatic nitrogens is 2. The lowest BCUT2D eigenvalue weighted by molar-refractivity contribution is 0.463. The van der Waals surface area contributed by atoms with Crippen LogP contribution in [0.4, 0.5) is 17.1 Å². The molecule has 35 heavy (non-hydrogen) atoms. The van der Waals surface area contributed by atoms with Crippen LogP contribution in [0.2, 0.25) is 0 Å². The molecule has 5 aromatic rings. The molecule has 0 amide bonds. The number of benzene rings is 3. The summed E-state index contributed by atoms with van der Waals surface area (Å²) in [5.41, 5.74) is 5.23. The summed E-state index contributed by atoms with van der Waals surface area (Å²) in [6.07, 6.45) is 9.43. The molecule has 0 unspecified atom stereocenters.